The number of nitrogens with zero attached hydrogens (tertiary/aromatic N) is 4. The van der Waals surface area contributed by atoms with E-state index in [1.165, 1.54) is 17.9 Å². The van der Waals surface area contributed by atoms with Crippen LogP contribution in [0.1, 0.15) is 72.4 Å². The quantitative estimate of drug-likeness (QED) is 0.468. The van der Waals surface area contributed by atoms with Gasteiger partial charge in [0.25, 0.3) is 5.56 Å². The molecule has 0 aromatic carbocycles. The second kappa shape index (κ2) is 8.87. The number of rotatable bonds is 9. The van der Waals surface area contributed by atoms with Crippen LogP contribution in [0.3, 0.4) is 0 Å². The van der Waals surface area contributed by atoms with Crippen molar-refractivity contribution in [1.29, 1.82) is 0 Å². The second-order valence-electron chi connectivity index (χ2n) is 8.76. The monoisotopic (exact) mass is 471 g/mol. The Morgan fingerprint density at radius 3 is 2.56 bits per heavy atom. The van der Waals surface area contributed by atoms with Crippen molar-refractivity contribution in [3.63, 3.8) is 0 Å². The molecule has 4 atom stereocenters. The highest BCUT2D eigenvalue weighted by Crippen LogP contribution is 2.60. The smallest absolute Gasteiger partial charge is 0.359 e. The van der Waals surface area contributed by atoms with Crippen molar-refractivity contribution >= 4 is 24.7 Å². The van der Waals surface area contributed by atoms with Crippen LogP contribution in [0.5, 0.6) is 0 Å². The van der Waals surface area contributed by atoms with Crippen molar-refractivity contribution in [2.75, 3.05) is 5.73 Å². The Bertz CT molecular complexity index is 1080. The van der Waals surface area contributed by atoms with Crippen molar-refractivity contribution in [2.45, 2.75) is 89.5 Å². The zero-order chi connectivity index (χ0) is 23.9. The van der Waals surface area contributed by atoms with Gasteiger partial charge in [-0.3, -0.25) is 18.5 Å². The van der Waals surface area contributed by atoms with Gasteiger partial charge in [0.05, 0.1) is 18.0 Å². The van der Waals surface area contributed by atoms with Crippen LogP contribution in [0.4, 0.5) is 5.95 Å². The van der Waals surface area contributed by atoms with E-state index in [1.807, 2.05) is 6.92 Å². The molecular weight excluding hydrogens is 437 g/mol. The molecule has 4 N–H and O–H groups in total. The van der Waals surface area contributed by atoms with Crippen LogP contribution < -0.4 is 11.3 Å². The fourth-order valence-corrected chi connectivity index (χ4v) is 5.85. The first kappa shape index (κ1) is 24.9. The van der Waals surface area contributed by atoms with Gasteiger partial charge in [0.15, 0.2) is 16.5 Å². The first-order valence-electron chi connectivity index (χ1n) is 11.0. The molecular formula is C20H34N5O6P. The van der Waals surface area contributed by atoms with Crippen LogP contribution in [-0.4, -0.2) is 46.1 Å². The standard InChI is InChI=1S/C20H34N5O6P/c1-6-19(4,31-32(28,29)20(27,7-2)8-3)11-13-9-10-14(30-13)25-12-22-15-16(25)23-18(21)24(5)17(15)26/h12-14,27H,6-11H2,1-5H3,(H2,21,23)(H,28,29). The average molecular weight is 471 g/mol. The molecule has 11 nitrogen and oxygen atoms in total. The Kier molecular flexibility index (Phi) is 6.89. The third kappa shape index (κ3) is 4.36. The number of nitrogen functional groups attached to an aromatic ring is 1. The molecule has 3 rings (SSSR count). The number of nitrogens with two attached hydrogens (primary N) is 1. The lowest BCUT2D eigenvalue weighted by molar-refractivity contribution is -0.0490. The van der Waals surface area contributed by atoms with Gasteiger partial charge in [-0.1, -0.05) is 20.8 Å². The number of fused-ring (bicyclic) bond motifs is 1. The molecule has 0 amide bonds. The minimum Gasteiger partial charge on any atom is -0.377 e. The SMILES string of the molecule is CCC(C)(CC1CCC(n2cnc3c(=O)n(C)c(N)nc32)O1)OP(=O)(O)C(O)(CC)CC. The van der Waals surface area contributed by atoms with Crippen LogP contribution in [0.2, 0.25) is 0 Å². The lowest BCUT2D eigenvalue weighted by Crippen LogP contribution is -2.37. The Labute approximate surface area is 187 Å². The highest BCUT2D eigenvalue weighted by atomic mass is 31.2. The lowest BCUT2D eigenvalue weighted by atomic mass is 9.94. The van der Waals surface area contributed by atoms with Crippen LogP contribution in [0.25, 0.3) is 11.2 Å². The van der Waals surface area contributed by atoms with Gasteiger partial charge in [0.1, 0.15) is 6.23 Å². The van der Waals surface area contributed by atoms with Gasteiger partial charge in [-0.15, -0.1) is 0 Å². The predicted molar refractivity (Wildman–Crippen MR) is 120 cm³/mol. The molecule has 4 unspecified atom stereocenters. The van der Waals surface area contributed by atoms with Gasteiger partial charge < -0.3 is 25.0 Å². The minimum atomic E-state index is -4.30. The summed E-state index contributed by atoms with van der Waals surface area (Å²) in [6, 6.07) is 0. The third-order valence-electron chi connectivity index (χ3n) is 6.64. The number of anilines is 1. The molecule has 0 saturated carbocycles. The van der Waals surface area contributed by atoms with E-state index in [2.05, 4.69) is 9.97 Å². The van der Waals surface area contributed by atoms with Crippen LogP contribution >= 0.6 is 7.60 Å². The molecule has 0 aliphatic carbocycles. The van der Waals surface area contributed by atoms with Gasteiger partial charge in [0.2, 0.25) is 5.95 Å². The van der Waals surface area contributed by atoms with Crippen molar-refractivity contribution in [3.8, 4) is 0 Å². The molecule has 32 heavy (non-hydrogen) atoms. The largest absolute Gasteiger partial charge is 0.377 e. The number of imidazole rings is 1. The van der Waals surface area contributed by atoms with Gasteiger partial charge in [-0.25, -0.2) is 4.98 Å². The zero-order valence-corrected chi connectivity index (χ0v) is 20.2. The summed E-state index contributed by atoms with van der Waals surface area (Å²) in [4.78, 5) is 31.4. The fourth-order valence-electron chi connectivity index (χ4n) is 4.08. The number of hydrogen-bond donors (Lipinski definition) is 3. The minimum absolute atomic E-state index is 0.0868. The number of aromatic nitrogens is 4. The predicted octanol–water partition coefficient (Wildman–Crippen LogP) is 2.66. The summed E-state index contributed by atoms with van der Waals surface area (Å²) in [6.07, 6.45) is 3.28. The Balaban J connectivity index is 1.77. The average Bonchev–Trinajstić information content (AvgIpc) is 3.37. The Morgan fingerprint density at radius 1 is 1.31 bits per heavy atom. The van der Waals surface area contributed by atoms with E-state index in [4.69, 9.17) is 15.0 Å². The van der Waals surface area contributed by atoms with E-state index in [0.717, 1.165) is 0 Å². The van der Waals surface area contributed by atoms with Crippen molar-refractivity contribution in [2.24, 2.45) is 7.05 Å². The zero-order valence-electron chi connectivity index (χ0n) is 19.3. The molecule has 2 aromatic rings. The lowest BCUT2D eigenvalue weighted by Gasteiger charge is -2.38. The summed E-state index contributed by atoms with van der Waals surface area (Å²) in [6.45, 7) is 6.95. The molecule has 1 saturated heterocycles. The normalized spacial score (nSPS) is 23.3. The maximum absolute atomic E-state index is 12.9. The molecule has 1 fully saturated rings. The van der Waals surface area contributed by atoms with E-state index >= 15 is 0 Å². The van der Waals surface area contributed by atoms with E-state index in [1.54, 1.807) is 25.3 Å². The molecule has 1 aliphatic rings. The molecule has 0 radical (unpaired) electrons. The van der Waals surface area contributed by atoms with Crippen molar-refractivity contribution in [3.05, 3.63) is 16.7 Å². The number of aliphatic hydroxyl groups is 1. The third-order valence-corrected chi connectivity index (χ3v) is 9.02. The Hall–Kier alpha value is -1.78. The van der Waals surface area contributed by atoms with E-state index in [-0.39, 0.29) is 36.0 Å². The summed E-state index contributed by atoms with van der Waals surface area (Å²) < 4.78 is 27.8. The van der Waals surface area contributed by atoms with Gasteiger partial charge in [-0.2, -0.15) is 4.98 Å². The van der Waals surface area contributed by atoms with E-state index in [0.29, 0.717) is 31.3 Å². The van der Waals surface area contributed by atoms with Crippen LogP contribution in [0, 0.1) is 0 Å². The fraction of sp³-hybridized carbons (Fsp3) is 0.750. The summed E-state index contributed by atoms with van der Waals surface area (Å²) in [5, 5.41) is 8.80. The molecule has 0 bridgehead atoms. The second-order valence-corrected chi connectivity index (χ2v) is 10.8. The van der Waals surface area contributed by atoms with Gasteiger partial charge in [-0.05, 0) is 39.0 Å². The van der Waals surface area contributed by atoms with Crippen molar-refractivity contribution < 1.29 is 23.8 Å². The number of hydrogen-bond acceptors (Lipinski definition) is 8. The van der Waals surface area contributed by atoms with Gasteiger partial charge >= 0.3 is 7.60 Å². The summed E-state index contributed by atoms with van der Waals surface area (Å²) in [5.41, 5.74) is 5.13. The van der Waals surface area contributed by atoms with Gasteiger partial charge in [0, 0.05) is 13.5 Å². The highest BCUT2D eigenvalue weighted by molar-refractivity contribution is 7.54. The first-order chi connectivity index (χ1) is 14.9. The first-order valence-corrected chi connectivity index (χ1v) is 12.6. The maximum atomic E-state index is 12.9. The number of ether oxygens (including phenoxy) is 1. The van der Waals surface area contributed by atoms with E-state index in [9.17, 15) is 19.4 Å². The highest BCUT2D eigenvalue weighted by Gasteiger charge is 2.49. The molecule has 0 spiro atoms. The topological polar surface area (TPSA) is 155 Å². The van der Waals surface area contributed by atoms with Crippen LogP contribution in [-0.2, 0) is 20.9 Å². The molecule has 1 aliphatic heterocycles. The molecule has 12 heteroatoms. The molecule has 180 valence electrons. The van der Waals surface area contributed by atoms with Crippen LogP contribution in [0.15, 0.2) is 11.1 Å². The summed E-state index contributed by atoms with van der Waals surface area (Å²) in [7, 11) is -2.76. The Morgan fingerprint density at radius 2 is 1.97 bits per heavy atom. The van der Waals surface area contributed by atoms with Crippen molar-refractivity contribution in [1.82, 2.24) is 19.1 Å². The van der Waals surface area contributed by atoms with E-state index < -0.39 is 24.8 Å². The summed E-state index contributed by atoms with van der Waals surface area (Å²) in [5.74, 6) is 0.0868. The summed E-state index contributed by atoms with van der Waals surface area (Å²) >= 11 is 0. The molecule has 2 aromatic heterocycles. The molecule has 3 heterocycles. The maximum Gasteiger partial charge on any atom is 0.359 e.